The molecule has 3 heteroatoms. The minimum absolute atomic E-state index is 0.448. The van der Waals surface area contributed by atoms with Gasteiger partial charge in [0, 0.05) is 12.4 Å². The zero-order chi connectivity index (χ0) is 13.0. The Morgan fingerprint density at radius 1 is 1.11 bits per heavy atom. The summed E-state index contributed by atoms with van der Waals surface area (Å²) in [5, 5.41) is 10.2. The summed E-state index contributed by atoms with van der Waals surface area (Å²) in [6, 6.07) is 7.99. The zero-order valence-corrected chi connectivity index (χ0v) is 10.8. The van der Waals surface area contributed by atoms with E-state index in [0.29, 0.717) is 5.82 Å². The summed E-state index contributed by atoms with van der Waals surface area (Å²) in [5.41, 5.74) is 3.11. The average Bonchev–Trinajstić information content (AvgIpc) is 2.40. The van der Waals surface area contributed by atoms with E-state index in [-0.39, 0.29) is 0 Å². The van der Waals surface area contributed by atoms with Crippen LogP contribution in [0, 0.1) is 6.92 Å². The van der Waals surface area contributed by atoms with Gasteiger partial charge in [-0.05, 0) is 30.0 Å². The van der Waals surface area contributed by atoms with Crippen molar-refractivity contribution in [2.24, 2.45) is 0 Å². The van der Waals surface area contributed by atoms with Crippen molar-refractivity contribution in [3.63, 3.8) is 0 Å². The van der Waals surface area contributed by atoms with Crippen molar-refractivity contribution in [3.05, 3.63) is 59.2 Å². The van der Waals surface area contributed by atoms with Gasteiger partial charge in [0.1, 0.15) is 6.10 Å². The van der Waals surface area contributed by atoms with Crippen LogP contribution in [0.3, 0.4) is 0 Å². The maximum atomic E-state index is 10.2. The standard InChI is InChI=1S/C15H18N2O/c1-3-4-12-5-7-13(8-6-12)14(18)15-16-9-11(2)10-17-15/h5-10,14,18H,3-4H2,1-2H3. The molecule has 0 aliphatic rings. The van der Waals surface area contributed by atoms with E-state index in [4.69, 9.17) is 0 Å². The molecule has 1 N–H and O–H groups in total. The summed E-state index contributed by atoms with van der Waals surface area (Å²) in [4.78, 5) is 8.30. The number of rotatable bonds is 4. The Morgan fingerprint density at radius 2 is 1.72 bits per heavy atom. The molecule has 0 bridgehead atoms. The summed E-state index contributed by atoms with van der Waals surface area (Å²) >= 11 is 0. The molecule has 0 aliphatic carbocycles. The first-order valence-electron chi connectivity index (χ1n) is 6.26. The van der Waals surface area contributed by atoms with Crippen molar-refractivity contribution in [3.8, 4) is 0 Å². The Morgan fingerprint density at radius 3 is 2.28 bits per heavy atom. The SMILES string of the molecule is CCCc1ccc(C(O)c2ncc(C)cn2)cc1. The molecule has 2 aromatic rings. The monoisotopic (exact) mass is 242 g/mol. The van der Waals surface area contributed by atoms with Crippen LogP contribution in [0.2, 0.25) is 0 Å². The molecule has 0 aliphatic heterocycles. The molecule has 0 radical (unpaired) electrons. The first-order valence-corrected chi connectivity index (χ1v) is 6.26. The van der Waals surface area contributed by atoms with E-state index in [1.807, 2.05) is 19.1 Å². The first kappa shape index (κ1) is 12.7. The fourth-order valence-corrected chi connectivity index (χ4v) is 1.85. The summed E-state index contributed by atoms with van der Waals surface area (Å²) in [5.74, 6) is 0.448. The summed E-state index contributed by atoms with van der Waals surface area (Å²) in [6.45, 7) is 4.08. The third-order valence-electron chi connectivity index (χ3n) is 2.88. The van der Waals surface area contributed by atoms with Gasteiger partial charge in [0.2, 0.25) is 0 Å². The maximum absolute atomic E-state index is 10.2. The van der Waals surface area contributed by atoms with Crippen molar-refractivity contribution in [2.75, 3.05) is 0 Å². The lowest BCUT2D eigenvalue weighted by Gasteiger charge is -2.10. The number of hydrogen-bond acceptors (Lipinski definition) is 3. The normalized spacial score (nSPS) is 12.4. The summed E-state index contributed by atoms with van der Waals surface area (Å²) in [7, 11) is 0. The van der Waals surface area contributed by atoms with Crippen molar-refractivity contribution >= 4 is 0 Å². The minimum Gasteiger partial charge on any atom is -0.380 e. The molecule has 1 aromatic heterocycles. The second-order valence-corrected chi connectivity index (χ2v) is 4.51. The highest BCUT2D eigenvalue weighted by Crippen LogP contribution is 2.19. The maximum Gasteiger partial charge on any atom is 0.161 e. The van der Waals surface area contributed by atoms with Crippen LogP contribution in [0.4, 0.5) is 0 Å². The van der Waals surface area contributed by atoms with Gasteiger partial charge in [-0.3, -0.25) is 0 Å². The molecule has 1 aromatic carbocycles. The molecular formula is C15H18N2O. The molecule has 0 saturated carbocycles. The van der Waals surface area contributed by atoms with Crippen molar-refractivity contribution in [1.82, 2.24) is 9.97 Å². The molecule has 1 heterocycles. The van der Waals surface area contributed by atoms with Gasteiger partial charge in [-0.15, -0.1) is 0 Å². The molecule has 18 heavy (non-hydrogen) atoms. The Hall–Kier alpha value is -1.74. The lowest BCUT2D eigenvalue weighted by atomic mass is 10.0. The smallest absolute Gasteiger partial charge is 0.161 e. The van der Waals surface area contributed by atoms with E-state index in [0.717, 1.165) is 24.0 Å². The molecule has 2 rings (SSSR count). The van der Waals surface area contributed by atoms with Gasteiger partial charge < -0.3 is 5.11 Å². The molecule has 3 nitrogen and oxygen atoms in total. The van der Waals surface area contributed by atoms with E-state index < -0.39 is 6.10 Å². The quantitative estimate of drug-likeness (QED) is 0.896. The van der Waals surface area contributed by atoms with E-state index in [9.17, 15) is 5.11 Å². The van der Waals surface area contributed by atoms with Crippen LogP contribution < -0.4 is 0 Å². The van der Waals surface area contributed by atoms with Crippen molar-refractivity contribution in [1.29, 1.82) is 0 Å². The van der Waals surface area contributed by atoms with E-state index in [2.05, 4.69) is 29.0 Å². The second kappa shape index (κ2) is 5.74. The van der Waals surface area contributed by atoms with E-state index in [1.165, 1.54) is 5.56 Å². The van der Waals surface area contributed by atoms with E-state index >= 15 is 0 Å². The van der Waals surface area contributed by atoms with Gasteiger partial charge in [-0.25, -0.2) is 9.97 Å². The Kier molecular flexibility index (Phi) is 4.05. The van der Waals surface area contributed by atoms with Crippen LogP contribution in [-0.4, -0.2) is 15.1 Å². The highest BCUT2D eigenvalue weighted by atomic mass is 16.3. The van der Waals surface area contributed by atoms with Gasteiger partial charge in [-0.1, -0.05) is 37.6 Å². The van der Waals surface area contributed by atoms with E-state index in [1.54, 1.807) is 12.4 Å². The molecule has 0 spiro atoms. The number of aliphatic hydroxyl groups excluding tert-OH is 1. The van der Waals surface area contributed by atoms with Crippen LogP contribution in [0.5, 0.6) is 0 Å². The fraction of sp³-hybridized carbons (Fsp3) is 0.333. The molecular weight excluding hydrogens is 224 g/mol. The predicted molar refractivity (Wildman–Crippen MR) is 71.3 cm³/mol. The third kappa shape index (κ3) is 2.93. The molecule has 0 amide bonds. The van der Waals surface area contributed by atoms with Crippen LogP contribution >= 0.6 is 0 Å². The highest BCUT2D eigenvalue weighted by Gasteiger charge is 2.12. The summed E-state index contributed by atoms with van der Waals surface area (Å²) < 4.78 is 0. The van der Waals surface area contributed by atoms with Crippen LogP contribution in [0.15, 0.2) is 36.7 Å². The van der Waals surface area contributed by atoms with Gasteiger partial charge in [0.05, 0.1) is 0 Å². The lowest BCUT2D eigenvalue weighted by Crippen LogP contribution is -2.05. The fourth-order valence-electron chi connectivity index (χ4n) is 1.85. The highest BCUT2D eigenvalue weighted by molar-refractivity contribution is 5.27. The molecule has 0 saturated heterocycles. The Balaban J connectivity index is 2.17. The Labute approximate surface area is 108 Å². The largest absolute Gasteiger partial charge is 0.380 e. The third-order valence-corrected chi connectivity index (χ3v) is 2.88. The number of aliphatic hydroxyl groups is 1. The molecule has 94 valence electrons. The van der Waals surface area contributed by atoms with Crippen LogP contribution in [-0.2, 0) is 6.42 Å². The Bertz CT molecular complexity index is 491. The number of hydrogen-bond donors (Lipinski definition) is 1. The van der Waals surface area contributed by atoms with Crippen LogP contribution in [0.25, 0.3) is 0 Å². The zero-order valence-electron chi connectivity index (χ0n) is 10.8. The molecule has 1 unspecified atom stereocenters. The molecule has 0 fully saturated rings. The van der Waals surface area contributed by atoms with Crippen LogP contribution in [0.1, 0.15) is 42.0 Å². The topological polar surface area (TPSA) is 46.0 Å². The molecule has 1 atom stereocenters. The number of aryl methyl sites for hydroxylation is 2. The van der Waals surface area contributed by atoms with Gasteiger partial charge >= 0.3 is 0 Å². The first-order chi connectivity index (χ1) is 8.70. The average molecular weight is 242 g/mol. The predicted octanol–water partition coefficient (Wildman–Crippen LogP) is 2.82. The van der Waals surface area contributed by atoms with Crippen molar-refractivity contribution < 1.29 is 5.11 Å². The number of benzene rings is 1. The second-order valence-electron chi connectivity index (χ2n) is 4.51. The minimum atomic E-state index is -0.749. The number of aromatic nitrogens is 2. The van der Waals surface area contributed by atoms with Gasteiger partial charge in [-0.2, -0.15) is 0 Å². The lowest BCUT2D eigenvalue weighted by molar-refractivity contribution is 0.209. The summed E-state index contributed by atoms with van der Waals surface area (Å²) in [6.07, 6.45) is 4.88. The van der Waals surface area contributed by atoms with Gasteiger partial charge in [0.25, 0.3) is 0 Å². The van der Waals surface area contributed by atoms with Gasteiger partial charge in [0.15, 0.2) is 5.82 Å². The van der Waals surface area contributed by atoms with Crippen molar-refractivity contribution in [2.45, 2.75) is 32.8 Å². The number of nitrogens with zero attached hydrogens (tertiary/aromatic N) is 2.